The Morgan fingerprint density at radius 2 is 2.00 bits per heavy atom. The van der Waals surface area contributed by atoms with Gasteiger partial charge in [-0.15, -0.1) is 12.4 Å². The van der Waals surface area contributed by atoms with Crippen molar-refractivity contribution in [1.82, 2.24) is 15.1 Å². The number of benzene rings is 1. The highest BCUT2D eigenvalue weighted by Gasteiger charge is 2.15. The molecule has 2 aromatic rings. The van der Waals surface area contributed by atoms with Crippen molar-refractivity contribution in [2.75, 3.05) is 25.2 Å². The van der Waals surface area contributed by atoms with E-state index in [9.17, 15) is 13.2 Å². The molecule has 1 aromatic heterocycles. The molecule has 0 spiro atoms. The zero-order valence-corrected chi connectivity index (χ0v) is 15.2. The quantitative estimate of drug-likeness (QED) is 0.720. The van der Waals surface area contributed by atoms with Crippen LogP contribution in [0.5, 0.6) is 0 Å². The number of carbonyl (C=O) groups is 1. The van der Waals surface area contributed by atoms with E-state index in [4.69, 9.17) is 0 Å². The van der Waals surface area contributed by atoms with Crippen molar-refractivity contribution in [2.24, 2.45) is 0 Å². The lowest BCUT2D eigenvalue weighted by Crippen LogP contribution is -2.14. The number of carbonyl (C=O) groups excluding carboxylic acids is 1. The third-order valence-corrected chi connectivity index (χ3v) is 4.35. The molecule has 2 N–H and O–H groups in total. The maximum atomic E-state index is 11.8. The van der Waals surface area contributed by atoms with Crippen LogP contribution in [0, 0.1) is 0 Å². The van der Waals surface area contributed by atoms with Crippen LogP contribution in [0.3, 0.4) is 0 Å². The van der Waals surface area contributed by atoms with Crippen molar-refractivity contribution in [3.8, 4) is 5.69 Å². The second-order valence-corrected chi connectivity index (χ2v) is 7.15. The summed E-state index contributed by atoms with van der Waals surface area (Å²) < 4.78 is 25.1. The molecule has 1 aromatic carbocycles. The molecule has 132 valence electrons. The van der Waals surface area contributed by atoms with E-state index >= 15 is 0 Å². The van der Waals surface area contributed by atoms with Gasteiger partial charge in [-0.05, 0) is 32.1 Å². The number of aromatic nitrogens is 2. The number of rotatable bonds is 7. The molecule has 0 aliphatic carbocycles. The van der Waals surface area contributed by atoms with Gasteiger partial charge in [0.05, 0.1) is 28.7 Å². The normalized spacial score (nSPS) is 10.9. The highest BCUT2D eigenvalue weighted by atomic mass is 35.5. The van der Waals surface area contributed by atoms with Crippen LogP contribution in [0.15, 0.2) is 41.6 Å². The molecule has 2 rings (SSSR count). The summed E-state index contributed by atoms with van der Waals surface area (Å²) in [5.41, 5.74) is 0.980. The Hall–Kier alpha value is -1.90. The predicted molar refractivity (Wildman–Crippen MR) is 95.7 cm³/mol. The number of halogens is 1. The zero-order chi connectivity index (χ0) is 16.9. The maximum absolute atomic E-state index is 11.8. The van der Waals surface area contributed by atoms with Crippen LogP contribution in [0.1, 0.15) is 12.8 Å². The monoisotopic (exact) mass is 372 g/mol. The Kier molecular flexibility index (Phi) is 7.40. The molecule has 0 unspecified atom stereocenters. The highest BCUT2D eigenvalue weighted by Crippen LogP contribution is 2.20. The second-order valence-electron chi connectivity index (χ2n) is 5.17. The number of nitrogens with zero attached hydrogens (tertiary/aromatic N) is 2. The summed E-state index contributed by atoms with van der Waals surface area (Å²) in [6.45, 7) is 0.772. The molecule has 0 saturated carbocycles. The van der Waals surface area contributed by atoms with Gasteiger partial charge in [-0.1, -0.05) is 12.1 Å². The molecule has 0 aliphatic heterocycles. The standard InChI is InChI=1S/C15H20N4O3S.ClH/c1-16-9-5-8-15(20)18-12-10-17-19(11-12)13-6-3-4-7-14(13)23(2,21)22;/h3-4,6-7,10-11,16H,5,8-9H2,1-2H3,(H,18,20);1H. The zero-order valence-electron chi connectivity index (χ0n) is 13.5. The molecule has 0 radical (unpaired) electrons. The fourth-order valence-electron chi connectivity index (χ4n) is 2.13. The highest BCUT2D eigenvalue weighted by molar-refractivity contribution is 7.90. The summed E-state index contributed by atoms with van der Waals surface area (Å²) in [6, 6.07) is 6.60. The second kappa shape index (κ2) is 8.81. The lowest BCUT2D eigenvalue weighted by atomic mass is 10.3. The number of hydrogen-bond acceptors (Lipinski definition) is 5. The van der Waals surface area contributed by atoms with Gasteiger partial charge in [0, 0.05) is 12.7 Å². The predicted octanol–water partition coefficient (Wildman–Crippen LogP) is 1.64. The van der Waals surface area contributed by atoms with E-state index in [1.807, 2.05) is 7.05 Å². The van der Waals surface area contributed by atoms with Gasteiger partial charge in [0.15, 0.2) is 9.84 Å². The molecular formula is C15H21ClN4O3S. The van der Waals surface area contributed by atoms with Gasteiger partial charge in [0.1, 0.15) is 0 Å². The first-order valence-electron chi connectivity index (χ1n) is 7.20. The largest absolute Gasteiger partial charge is 0.323 e. The molecule has 0 saturated heterocycles. The first-order valence-corrected chi connectivity index (χ1v) is 9.09. The van der Waals surface area contributed by atoms with E-state index < -0.39 is 9.84 Å². The third kappa shape index (κ3) is 5.33. The Labute approximate surface area is 147 Å². The smallest absolute Gasteiger partial charge is 0.224 e. The van der Waals surface area contributed by atoms with E-state index in [0.717, 1.165) is 19.2 Å². The fourth-order valence-corrected chi connectivity index (χ4v) is 3.00. The lowest BCUT2D eigenvalue weighted by molar-refractivity contribution is -0.116. The van der Waals surface area contributed by atoms with Crippen LogP contribution in [0.2, 0.25) is 0 Å². The molecule has 24 heavy (non-hydrogen) atoms. The number of amides is 1. The molecule has 1 amide bonds. The molecule has 0 atom stereocenters. The molecule has 0 fully saturated rings. The van der Waals surface area contributed by atoms with Crippen molar-refractivity contribution < 1.29 is 13.2 Å². The SMILES string of the molecule is CNCCCC(=O)Nc1cnn(-c2ccccc2S(C)(=O)=O)c1.Cl. The molecule has 7 nitrogen and oxygen atoms in total. The number of hydrogen-bond donors (Lipinski definition) is 2. The van der Waals surface area contributed by atoms with Gasteiger partial charge >= 0.3 is 0 Å². The first-order chi connectivity index (χ1) is 10.9. The summed E-state index contributed by atoms with van der Waals surface area (Å²) in [5.74, 6) is -0.101. The van der Waals surface area contributed by atoms with Crippen molar-refractivity contribution in [1.29, 1.82) is 0 Å². The summed E-state index contributed by atoms with van der Waals surface area (Å²) >= 11 is 0. The van der Waals surface area contributed by atoms with Gasteiger partial charge in [-0.3, -0.25) is 4.79 Å². The van der Waals surface area contributed by atoms with Crippen molar-refractivity contribution in [2.45, 2.75) is 17.7 Å². The van der Waals surface area contributed by atoms with E-state index in [1.54, 1.807) is 24.4 Å². The number of anilines is 1. The van der Waals surface area contributed by atoms with Crippen LogP contribution in [0.4, 0.5) is 5.69 Å². The van der Waals surface area contributed by atoms with Gasteiger partial charge in [-0.25, -0.2) is 13.1 Å². The van der Waals surface area contributed by atoms with Crippen LogP contribution < -0.4 is 10.6 Å². The maximum Gasteiger partial charge on any atom is 0.224 e. The summed E-state index contributed by atoms with van der Waals surface area (Å²) in [7, 11) is -1.53. The van der Waals surface area contributed by atoms with Gasteiger partial charge in [0.2, 0.25) is 5.91 Å². The van der Waals surface area contributed by atoms with Gasteiger partial charge in [0.25, 0.3) is 0 Å². The Morgan fingerprint density at radius 3 is 2.67 bits per heavy atom. The van der Waals surface area contributed by atoms with E-state index in [1.165, 1.54) is 16.9 Å². The topological polar surface area (TPSA) is 93.1 Å². The Balaban J connectivity index is 0.00000288. The summed E-state index contributed by atoms with van der Waals surface area (Å²) in [4.78, 5) is 12.0. The number of nitrogens with one attached hydrogen (secondary N) is 2. The van der Waals surface area contributed by atoms with Crippen molar-refractivity contribution in [3.63, 3.8) is 0 Å². The molecule has 0 bridgehead atoms. The minimum absolute atomic E-state index is 0. The van der Waals surface area contributed by atoms with Gasteiger partial charge in [-0.2, -0.15) is 5.10 Å². The summed E-state index contributed by atoms with van der Waals surface area (Å²) in [6.07, 6.45) is 5.40. The van der Waals surface area contributed by atoms with E-state index in [0.29, 0.717) is 17.8 Å². The number of para-hydroxylation sites is 1. The summed E-state index contributed by atoms with van der Waals surface area (Å²) in [5, 5.41) is 9.86. The van der Waals surface area contributed by atoms with Crippen molar-refractivity contribution in [3.05, 3.63) is 36.7 Å². The van der Waals surface area contributed by atoms with Crippen LogP contribution in [-0.2, 0) is 14.6 Å². The third-order valence-electron chi connectivity index (χ3n) is 3.21. The van der Waals surface area contributed by atoms with E-state index in [-0.39, 0.29) is 23.2 Å². The molecular weight excluding hydrogens is 352 g/mol. The lowest BCUT2D eigenvalue weighted by Gasteiger charge is -2.07. The van der Waals surface area contributed by atoms with Crippen LogP contribution >= 0.6 is 12.4 Å². The van der Waals surface area contributed by atoms with E-state index in [2.05, 4.69) is 15.7 Å². The molecule has 9 heteroatoms. The van der Waals surface area contributed by atoms with Crippen LogP contribution in [-0.4, -0.2) is 44.0 Å². The molecule has 1 heterocycles. The Bertz CT molecular complexity index is 790. The van der Waals surface area contributed by atoms with Crippen molar-refractivity contribution >= 4 is 33.8 Å². The van der Waals surface area contributed by atoms with Crippen LogP contribution in [0.25, 0.3) is 5.69 Å². The average molecular weight is 373 g/mol. The minimum Gasteiger partial charge on any atom is -0.323 e. The fraction of sp³-hybridized carbons (Fsp3) is 0.333. The van der Waals surface area contributed by atoms with Gasteiger partial charge < -0.3 is 10.6 Å². The Morgan fingerprint density at radius 1 is 1.29 bits per heavy atom. The first kappa shape index (κ1) is 20.1. The minimum atomic E-state index is -3.37. The average Bonchev–Trinajstić information content (AvgIpc) is 2.95. The number of sulfone groups is 1. The molecule has 0 aliphatic rings.